The molecule has 2 aromatic carbocycles. The molecule has 3 aromatic rings. The van der Waals surface area contributed by atoms with Crippen LogP contribution in [-0.2, 0) is 18.6 Å². The molecule has 3 N–H and O–H groups in total. The lowest BCUT2D eigenvalue weighted by Crippen LogP contribution is -2.25. The van der Waals surface area contributed by atoms with Crippen LogP contribution in [0.15, 0.2) is 42.5 Å². The van der Waals surface area contributed by atoms with E-state index in [2.05, 4.69) is 24.2 Å². The lowest BCUT2D eigenvalue weighted by molar-refractivity contribution is 0.0881. The molecule has 35 heavy (non-hydrogen) atoms. The molecular weight excluding hydrogens is 604 g/mol. The van der Waals surface area contributed by atoms with Gasteiger partial charge in [-0.1, -0.05) is 48.9 Å². The Kier molecular flexibility index (Phi) is 10.0. The smallest absolute Gasteiger partial charge is 0.138 e. The van der Waals surface area contributed by atoms with Gasteiger partial charge in [0.05, 0.1) is 24.1 Å². The number of hydrogen-bond acceptors (Lipinski definition) is 7. The number of aromatic nitrogens is 3. The summed E-state index contributed by atoms with van der Waals surface area (Å²) in [6.45, 7) is 4.36. The van der Waals surface area contributed by atoms with Crippen LogP contribution in [0.2, 0.25) is 5.02 Å². The summed E-state index contributed by atoms with van der Waals surface area (Å²) >= 11 is 14.1. The van der Waals surface area contributed by atoms with Gasteiger partial charge in [-0.05, 0) is 58.0 Å². The van der Waals surface area contributed by atoms with Crippen molar-refractivity contribution < 1.29 is 24.8 Å². The van der Waals surface area contributed by atoms with Crippen LogP contribution >= 0.6 is 45.8 Å². The van der Waals surface area contributed by atoms with E-state index in [1.807, 2.05) is 59.0 Å². The van der Waals surface area contributed by atoms with Crippen LogP contribution in [0.3, 0.4) is 0 Å². The Hall–Kier alpha value is -1.63. The minimum Gasteiger partial charge on any atom is -0.491 e. The predicted octanol–water partition coefficient (Wildman–Crippen LogP) is 3.77. The largest absolute Gasteiger partial charge is 0.491 e. The van der Waals surface area contributed by atoms with Crippen molar-refractivity contribution in [2.75, 3.05) is 19.1 Å². The van der Waals surface area contributed by atoms with E-state index in [-0.39, 0.29) is 37.7 Å². The average molecular weight is 632 g/mol. The molecule has 0 amide bonds. The van der Waals surface area contributed by atoms with Crippen molar-refractivity contribution in [2.45, 2.75) is 44.6 Å². The number of benzene rings is 2. The number of aliphatic hydroxyl groups excluding tert-OH is 3. The molecule has 2 atom stereocenters. The van der Waals surface area contributed by atoms with Crippen molar-refractivity contribution in [3.8, 4) is 11.5 Å². The summed E-state index contributed by atoms with van der Waals surface area (Å²) in [5.41, 5.74) is 2.19. The highest BCUT2D eigenvalue weighted by Gasteiger charge is 2.24. The second kappa shape index (κ2) is 12.6. The number of hydrogen-bond donors (Lipinski definition) is 3. The topological polar surface area (TPSA) is 110 Å². The van der Waals surface area contributed by atoms with Crippen molar-refractivity contribution >= 4 is 45.8 Å². The summed E-state index contributed by atoms with van der Waals surface area (Å²) in [4.78, 5) is 0. The second-order valence-electron chi connectivity index (χ2n) is 8.55. The second-order valence-corrected chi connectivity index (χ2v) is 10.3. The fraction of sp³-hybridized carbons (Fsp3) is 0.417. The molecule has 3 rings (SSSR count). The lowest BCUT2D eigenvalue weighted by Gasteiger charge is -2.27. The predicted molar refractivity (Wildman–Crippen MR) is 142 cm³/mol. The van der Waals surface area contributed by atoms with E-state index in [0.717, 1.165) is 11.1 Å². The van der Waals surface area contributed by atoms with E-state index in [1.165, 1.54) is 4.68 Å². The monoisotopic (exact) mass is 631 g/mol. The minimum atomic E-state index is -0.790. The highest BCUT2D eigenvalue weighted by molar-refractivity contribution is 14.1. The number of aliphatic hydroxyl groups is 3. The summed E-state index contributed by atoms with van der Waals surface area (Å²) in [6.07, 6.45) is -1.54. The van der Waals surface area contributed by atoms with Gasteiger partial charge in [0.25, 0.3) is 0 Å². The fourth-order valence-corrected chi connectivity index (χ4v) is 4.26. The van der Waals surface area contributed by atoms with Crippen molar-refractivity contribution in [1.29, 1.82) is 0 Å². The number of ether oxygens (including phenoxy) is 2. The van der Waals surface area contributed by atoms with Crippen molar-refractivity contribution in [3.05, 3.63) is 68.0 Å². The molecule has 190 valence electrons. The number of rotatable bonds is 12. The Labute approximate surface area is 227 Å². The van der Waals surface area contributed by atoms with Gasteiger partial charge in [0, 0.05) is 5.41 Å². The first-order valence-electron chi connectivity index (χ1n) is 10.9. The molecule has 0 bridgehead atoms. The molecule has 0 spiro atoms. The molecule has 0 unspecified atom stereocenters. The van der Waals surface area contributed by atoms with E-state index in [0.29, 0.717) is 25.9 Å². The van der Waals surface area contributed by atoms with Gasteiger partial charge < -0.3 is 24.8 Å². The first kappa shape index (κ1) is 27.9. The first-order chi connectivity index (χ1) is 16.6. The Morgan fingerprint density at radius 3 is 2.29 bits per heavy atom. The van der Waals surface area contributed by atoms with Gasteiger partial charge in [-0.3, -0.25) is 0 Å². The van der Waals surface area contributed by atoms with Gasteiger partial charge in [-0.25, -0.2) is 4.68 Å². The van der Waals surface area contributed by atoms with E-state index in [9.17, 15) is 15.3 Å². The van der Waals surface area contributed by atoms with Crippen molar-refractivity contribution in [1.82, 2.24) is 15.0 Å². The molecule has 0 aliphatic carbocycles. The molecule has 0 aliphatic rings. The third-order valence-electron chi connectivity index (χ3n) is 5.55. The normalized spacial score (nSPS) is 13.5. The zero-order valence-electron chi connectivity index (χ0n) is 19.4. The Balaban J connectivity index is 1.60. The van der Waals surface area contributed by atoms with Crippen LogP contribution in [0.4, 0.5) is 0 Å². The average Bonchev–Trinajstić information content (AvgIpc) is 3.20. The molecule has 0 fully saturated rings. The maximum Gasteiger partial charge on any atom is 0.138 e. The van der Waals surface area contributed by atoms with Crippen LogP contribution < -0.4 is 9.47 Å². The minimum absolute atomic E-state index is 0.0733. The van der Waals surface area contributed by atoms with E-state index in [1.54, 1.807) is 6.07 Å². The standard InChI is InChI=1S/C24H28Cl2IN3O5/c1-24(2,16-5-8-22(20(26)9-16)35-13-17(32)10-25)15-3-6-19(7-4-15)34-14-18(33)11-30-23(27)21(12-31)28-29-30/h3-9,17-18,31-33H,10-14H2,1-2H3/t17-,18+/m0/s1/i27-4. The Bertz CT molecular complexity index is 1110. The molecule has 8 nitrogen and oxygen atoms in total. The first-order valence-corrected chi connectivity index (χ1v) is 12.9. The van der Waals surface area contributed by atoms with Gasteiger partial charge >= 0.3 is 0 Å². The molecule has 1 aromatic heterocycles. The van der Waals surface area contributed by atoms with Crippen LogP contribution in [0.5, 0.6) is 11.5 Å². The summed E-state index contributed by atoms with van der Waals surface area (Å²) in [5, 5.41) is 37.4. The van der Waals surface area contributed by atoms with Gasteiger partial charge in [0.1, 0.15) is 46.3 Å². The van der Waals surface area contributed by atoms with Crippen LogP contribution in [0, 0.1) is 3.70 Å². The third kappa shape index (κ3) is 7.21. The molecule has 0 aliphatic heterocycles. The van der Waals surface area contributed by atoms with Crippen molar-refractivity contribution in [3.63, 3.8) is 0 Å². The van der Waals surface area contributed by atoms with Gasteiger partial charge in [0.2, 0.25) is 0 Å². The zero-order chi connectivity index (χ0) is 25.6. The number of alkyl halides is 1. The zero-order valence-corrected chi connectivity index (χ0v) is 23.0. The summed E-state index contributed by atoms with van der Waals surface area (Å²) < 4.78 is 13.5. The molecular formula is C24H28Cl2IN3O5. The van der Waals surface area contributed by atoms with Gasteiger partial charge in [-0.2, -0.15) is 0 Å². The van der Waals surface area contributed by atoms with E-state index >= 15 is 0 Å². The maximum atomic E-state index is 10.3. The van der Waals surface area contributed by atoms with Gasteiger partial charge in [-0.15, -0.1) is 16.7 Å². The maximum absolute atomic E-state index is 10.3. The van der Waals surface area contributed by atoms with Crippen LogP contribution in [-0.4, -0.2) is 61.6 Å². The molecule has 1 heterocycles. The summed E-state index contributed by atoms with van der Waals surface area (Å²) in [7, 11) is 0. The summed E-state index contributed by atoms with van der Waals surface area (Å²) in [6, 6.07) is 13.3. The Morgan fingerprint density at radius 1 is 1.03 bits per heavy atom. The van der Waals surface area contributed by atoms with E-state index in [4.69, 9.17) is 32.7 Å². The highest BCUT2D eigenvalue weighted by Crippen LogP contribution is 2.36. The quantitative estimate of drug-likeness (QED) is 0.206. The highest BCUT2D eigenvalue weighted by atomic mass is 123. The van der Waals surface area contributed by atoms with Crippen molar-refractivity contribution in [2.24, 2.45) is 0 Å². The van der Waals surface area contributed by atoms with Gasteiger partial charge in [0.15, 0.2) is 0 Å². The third-order valence-corrected chi connectivity index (χ3v) is 7.38. The lowest BCUT2D eigenvalue weighted by atomic mass is 9.78. The van der Waals surface area contributed by atoms with E-state index < -0.39 is 12.2 Å². The van der Waals surface area contributed by atoms with Crippen LogP contribution in [0.25, 0.3) is 0 Å². The Morgan fingerprint density at radius 2 is 1.69 bits per heavy atom. The van der Waals surface area contributed by atoms with Crippen LogP contribution in [0.1, 0.15) is 30.7 Å². The molecule has 0 saturated heterocycles. The number of nitrogens with zero attached hydrogens (tertiary/aromatic N) is 3. The molecule has 0 saturated carbocycles. The molecule has 11 heteroatoms. The number of halogens is 3. The molecule has 0 radical (unpaired) electrons. The SMILES string of the molecule is CC(C)(c1ccc(OC[C@H](O)Cn2nnc(CO)c2[123I])cc1)c1ccc(OC[C@@H](O)CCl)c(Cl)c1. The fourth-order valence-electron chi connectivity index (χ4n) is 3.37. The summed E-state index contributed by atoms with van der Waals surface area (Å²) in [5.74, 6) is 1.21.